The lowest BCUT2D eigenvalue weighted by Crippen LogP contribution is -2.35. The Kier molecular flexibility index (Phi) is 5.16. The van der Waals surface area contributed by atoms with Crippen LogP contribution in [0.5, 0.6) is 0 Å². The van der Waals surface area contributed by atoms with Crippen LogP contribution < -0.4 is 4.72 Å². The molecule has 0 aliphatic carbocycles. The van der Waals surface area contributed by atoms with Gasteiger partial charge in [0.15, 0.2) is 0 Å². The average Bonchev–Trinajstić information content (AvgIpc) is 3.32. The Balaban J connectivity index is 1.64. The number of likely N-dealkylation sites (N-methyl/N-ethyl adjacent to an activating group) is 1. The molecular formula is C21H25N5O2S. The molecule has 29 heavy (non-hydrogen) atoms. The minimum absolute atomic E-state index is 0.198. The molecule has 0 saturated carbocycles. The Bertz CT molecular complexity index is 1260. The Labute approximate surface area is 170 Å². The molecule has 0 spiro atoms. The van der Waals surface area contributed by atoms with E-state index < -0.39 is 10.0 Å². The second-order valence-corrected chi connectivity index (χ2v) is 9.04. The molecule has 0 radical (unpaired) electrons. The number of H-pyrrole nitrogens is 1. The zero-order valence-electron chi connectivity index (χ0n) is 16.8. The predicted octanol–water partition coefficient (Wildman–Crippen LogP) is 3.12. The summed E-state index contributed by atoms with van der Waals surface area (Å²) in [5.41, 5.74) is 2.72. The topological polar surface area (TPSA) is 83.0 Å². The summed E-state index contributed by atoms with van der Waals surface area (Å²) in [6.07, 6.45) is 1.80. The maximum atomic E-state index is 12.9. The van der Waals surface area contributed by atoms with Gasteiger partial charge in [0.2, 0.25) is 10.0 Å². The van der Waals surface area contributed by atoms with Crippen molar-refractivity contribution < 1.29 is 8.42 Å². The van der Waals surface area contributed by atoms with Crippen LogP contribution in [0, 0.1) is 0 Å². The van der Waals surface area contributed by atoms with Gasteiger partial charge in [0, 0.05) is 30.2 Å². The highest BCUT2D eigenvalue weighted by Gasteiger charge is 2.24. The Morgan fingerprint density at radius 3 is 2.72 bits per heavy atom. The minimum Gasteiger partial charge on any atom is -0.361 e. The largest absolute Gasteiger partial charge is 0.361 e. The van der Waals surface area contributed by atoms with Crippen LogP contribution >= 0.6 is 0 Å². The van der Waals surface area contributed by atoms with E-state index in [1.807, 2.05) is 60.9 Å². The number of hydrogen-bond donors (Lipinski definition) is 2. The first-order chi connectivity index (χ1) is 13.9. The molecule has 152 valence electrons. The number of hydrogen-bond acceptors (Lipinski definition) is 4. The van der Waals surface area contributed by atoms with Gasteiger partial charge in [-0.15, -0.1) is 0 Å². The summed E-state index contributed by atoms with van der Waals surface area (Å²) in [6.45, 7) is 3.03. The Hall–Kier alpha value is -2.68. The standard InChI is InChI=1S/C21H25N5O2S/c1-4-26-19-8-6-5-7-17(19)21(24-26)20(25(2)3)14-23-29(27,28)16-10-9-15-11-12-22-18(15)13-16/h5-13,20,22-23H,4,14H2,1-3H3. The Morgan fingerprint density at radius 1 is 1.17 bits per heavy atom. The number of nitrogens with one attached hydrogen (secondary N) is 2. The summed E-state index contributed by atoms with van der Waals surface area (Å²) in [5.74, 6) is 0. The third kappa shape index (κ3) is 3.66. The van der Waals surface area contributed by atoms with E-state index in [-0.39, 0.29) is 17.5 Å². The molecule has 1 atom stereocenters. The van der Waals surface area contributed by atoms with E-state index in [2.05, 4.69) is 9.71 Å². The van der Waals surface area contributed by atoms with Crippen molar-refractivity contribution in [3.8, 4) is 0 Å². The number of aromatic amines is 1. The van der Waals surface area contributed by atoms with Gasteiger partial charge in [0.25, 0.3) is 0 Å². The molecule has 2 heterocycles. The molecule has 0 amide bonds. The van der Waals surface area contributed by atoms with Gasteiger partial charge in [0.1, 0.15) is 0 Å². The van der Waals surface area contributed by atoms with Crippen LogP contribution in [-0.4, -0.2) is 48.7 Å². The summed E-state index contributed by atoms with van der Waals surface area (Å²) in [5, 5.41) is 6.79. The minimum atomic E-state index is -3.65. The van der Waals surface area contributed by atoms with Gasteiger partial charge in [-0.1, -0.05) is 24.3 Å². The highest BCUT2D eigenvalue weighted by atomic mass is 32.2. The van der Waals surface area contributed by atoms with E-state index >= 15 is 0 Å². The van der Waals surface area contributed by atoms with Crippen LogP contribution in [-0.2, 0) is 16.6 Å². The van der Waals surface area contributed by atoms with Crippen molar-refractivity contribution in [1.82, 2.24) is 24.4 Å². The molecule has 0 saturated heterocycles. The molecule has 0 fully saturated rings. The van der Waals surface area contributed by atoms with Crippen molar-refractivity contribution in [1.29, 1.82) is 0 Å². The summed E-state index contributed by atoms with van der Waals surface area (Å²) >= 11 is 0. The number of benzene rings is 2. The zero-order valence-corrected chi connectivity index (χ0v) is 17.6. The first-order valence-electron chi connectivity index (χ1n) is 9.59. The maximum Gasteiger partial charge on any atom is 0.240 e. The predicted molar refractivity (Wildman–Crippen MR) is 115 cm³/mol. The smallest absolute Gasteiger partial charge is 0.240 e. The number of sulfonamides is 1. The van der Waals surface area contributed by atoms with Crippen LogP contribution in [0.3, 0.4) is 0 Å². The van der Waals surface area contributed by atoms with Crippen molar-refractivity contribution in [2.24, 2.45) is 0 Å². The molecule has 1 unspecified atom stereocenters. The lowest BCUT2D eigenvalue weighted by Gasteiger charge is -2.23. The third-order valence-corrected chi connectivity index (χ3v) is 6.65. The summed E-state index contributed by atoms with van der Waals surface area (Å²) < 4.78 is 30.5. The number of rotatable bonds is 7. The van der Waals surface area contributed by atoms with E-state index in [0.717, 1.165) is 34.0 Å². The molecule has 0 aliphatic rings. The van der Waals surface area contributed by atoms with Crippen molar-refractivity contribution in [3.63, 3.8) is 0 Å². The average molecular weight is 412 g/mol. The van der Waals surface area contributed by atoms with E-state index in [0.29, 0.717) is 0 Å². The van der Waals surface area contributed by atoms with Gasteiger partial charge in [-0.3, -0.25) is 9.58 Å². The molecule has 2 aromatic carbocycles. The van der Waals surface area contributed by atoms with Gasteiger partial charge in [0.05, 0.1) is 22.1 Å². The van der Waals surface area contributed by atoms with E-state index in [4.69, 9.17) is 5.10 Å². The molecule has 4 aromatic rings. The van der Waals surface area contributed by atoms with Crippen molar-refractivity contribution >= 4 is 31.8 Å². The van der Waals surface area contributed by atoms with Gasteiger partial charge < -0.3 is 4.98 Å². The number of nitrogens with zero attached hydrogens (tertiary/aromatic N) is 3. The molecule has 0 aliphatic heterocycles. The van der Waals surface area contributed by atoms with Crippen molar-refractivity contribution in [2.45, 2.75) is 24.4 Å². The van der Waals surface area contributed by atoms with Gasteiger partial charge in [-0.25, -0.2) is 13.1 Å². The molecule has 2 aromatic heterocycles. The zero-order chi connectivity index (χ0) is 20.6. The molecule has 8 heteroatoms. The fraction of sp³-hybridized carbons (Fsp3) is 0.286. The summed E-state index contributed by atoms with van der Waals surface area (Å²) in [4.78, 5) is 5.29. The van der Waals surface area contributed by atoms with Crippen LogP contribution in [0.15, 0.2) is 59.6 Å². The summed E-state index contributed by atoms with van der Waals surface area (Å²) in [7, 11) is 0.219. The highest BCUT2D eigenvalue weighted by molar-refractivity contribution is 7.89. The van der Waals surface area contributed by atoms with Crippen LogP contribution in [0.25, 0.3) is 21.8 Å². The third-order valence-electron chi connectivity index (χ3n) is 5.23. The van der Waals surface area contributed by atoms with Gasteiger partial charge in [-0.05, 0) is 50.7 Å². The number of fused-ring (bicyclic) bond motifs is 2. The number of aromatic nitrogens is 3. The fourth-order valence-electron chi connectivity index (χ4n) is 3.63. The van der Waals surface area contributed by atoms with Crippen LogP contribution in [0.4, 0.5) is 0 Å². The van der Waals surface area contributed by atoms with Crippen LogP contribution in [0.1, 0.15) is 18.7 Å². The Morgan fingerprint density at radius 2 is 1.97 bits per heavy atom. The lowest BCUT2D eigenvalue weighted by molar-refractivity contribution is 0.293. The fourth-order valence-corrected chi connectivity index (χ4v) is 4.69. The molecule has 0 bridgehead atoms. The maximum absolute atomic E-state index is 12.9. The molecule has 7 nitrogen and oxygen atoms in total. The molecule has 4 rings (SSSR count). The van der Waals surface area contributed by atoms with Gasteiger partial charge in [-0.2, -0.15) is 5.10 Å². The van der Waals surface area contributed by atoms with Crippen molar-refractivity contribution in [3.05, 3.63) is 60.4 Å². The second kappa shape index (κ2) is 7.62. The first kappa shape index (κ1) is 19.6. The lowest BCUT2D eigenvalue weighted by atomic mass is 10.1. The normalized spacial score (nSPS) is 13.5. The first-order valence-corrected chi connectivity index (χ1v) is 11.1. The monoisotopic (exact) mass is 411 g/mol. The second-order valence-electron chi connectivity index (χ2n) is 7.28. The van der Waals surface area contributed by atoms with Gasteiger partial charge >= 0.3 is 0 Å². The number of para-hydroxylation sites is 1. The molecular weight excluding hydrogens is 386 g/mol. The van der Waals surface area contributed by atoms with Crippen LogP contribution in [0.2, 0.25) is 0 Å². The highest BCUT2D eigenvalue weighted by Crippen LogP contribution is 2.27. The SMILES string of the molecule is CCn1nc(C(CNS(=O)(=O)c2ccc3cc[nH]c3c2)N(C)C)c2ccccc21. The number of aryl methyl sites for hydroxylation is 1. The van der Waals surface area contributed by atoms with E-state index in [9.17, 15) is 8.42 Å². The van der Waals surface area contributed by atoms with E-state index in [1.54, 1.807) is 24.4 Å². The van der Waals surface area contributed by atoms with Crippen molar-refractivity contribution in [2.75, 3.05) is 20.6 Å². The quantitative estimate of drug-likeness (QED) is 0.489. The van der Waals surface area contributed by atoms with E-state index in [1.165, 1.54) is 0 Å². The summed E-state index contributed by atoms with van der Waals surface area (Å²) in [6, 6.07) is 14.9. The molecule has 2 N–H and O–H groups in total.